The van der Waals surface area contributed by atoms with E-state index in [1.807, 2.05) is 18.3 Å². The Morgan fingerprint density at radius 2 is 2.30 bits per heavy atom. The van der Waals surface area contributed by atoms with E-state index < -0.39 is 0 Å². The summed E-state index contributed by atoms with van der Waals surface area (Å²) in [5, 5.41) is 8.97. The quantitative estimate of drug-likeness (QED) is 0.899. The maximum Gasteiger partial charge on any atom is 0.221 e. The molecule has 23 heavy (non-hydrogen) atoms. The molecule has 0 saturated carbocycles. The van der Waals surface area contributed by atoms with Crippen molar-refractivity contribution in [1.82, 2.24) is 15.3 Å². The molecule has 0 spiro atoms. The van der Waals surface area contributed by atoms with E-state index in [1.54, 1.807) is 6.20 Å². The molecule has 6 heteroatoms. The highest BCUT2D eigenvalue weighted by molar-refractivity contribution is 5.88. The molecular weight excluding hydrogens is 292 g/mol. The summed E-state index contributed by atoms with van der Waals surface area (Å²) in [6, 6.07) is 4.44. The molecule has 4 rings (SSSR count). The molecule has 0 aliphatic carbocycles. The van der Waals surface area contributed by atoms with E-state index in [0.29, 0.717) is 18.5 Å². The van der Waals surface area contributed by atoms with Crippen molar-refractivity contribution >= 4 is 16.6 Å². The van der Waals surface area contributed by atoms with Gasteiger partial charge in [0.25, 0.3) is 0 Å². The van der Waals surface area contributed by atoms with Crippen molar-refractivity contribution in [3.63, 3.8) is 0 Å². The molecule has 0 aromatic carbocycles. The number of fused-ring (bicyclic) bond motifs is 1. The Hall–Kier alpha value is -1.92. The van der Waals surface area contributed by atoms with Gasteiger partial charge in [-0.15, -0.1) is 0 Å². The zero-order valence-electron chi connectivity index (χ0n) is 13.1. The number of piperidine rings is 1. The van der Waals surface area contributed by atoms with E-state index in [4.69, 9.17) is 9.47 Å². The topological polar surface area (TPSA) is 68.3 Å². The Morgan fingerprint density at radius 1 is 1.30 bits per heavy atom. The third-order valence-corrected chi connectivity index (χ3v) is 4.43. The van der Waals surface area contributed by atoms with Crippen molar-refractivity contribution in [1.29, 1.82) is 0 Å². The molecule has 2 N–H and O–H groups in total. The van der Waals surface area contributed by atoms with Crippen LogP contribution < -0.4 is 15.4 Å². The fourth-order valence-corrected chi connectivity index (χ4v) is 3.16. The van der Waals surface area contributed by atoms with Gasteiger partial charge in [0.1, 0.15) is 11.9 Å². The van der Waals surface area contributed by atoms with Gasteiger partial charge in [-0.1, -0.05) is 0 Å². The highest BCUT2D eigenvalue weighted by atomic mass is 16.5. The van der Waals surface area contributed by atoms with E-state index in [9.17, 15) is 0 Å². The fourth-order valence-electron chi connectivity index (χ4n) is 3.16. The van der Waals surface area contributed by atoms with Crippen LogP contribution in [0.5, 0.6) is 5.88 Å². The summed E-state index contributed by atoms with van der Waals surface area (Å²) in [7, 11) is 0. The molecule has 4 heterocycles. The first-order valence-electron chi connectivity index (χ1n) is 8.35. The van der Waals surface area contributed by atoms with Gasteiger partial charge in [0, 0.05) is 42.2 Å². The molecule has 2 aliphatic heterocycles. The highest BCUT2D eigenvalue weighted by Crippen LogP contribution is 2.27. The Kier molecular flexibility index (Phi) is 4.26. The van der Waals surface area contributed by atoms with Crippen LogP contribution in [0, 0.1) is 0 Å². The second-order valence-electron chi connectivity index (χ2n) is 6.20. The van der Waals surface area contributed by atoms with Crippen molar-refractivity contribution in [3.8, 4) is 5.88 Å². The number of aromatic nitrogens is 2. The molecular formula is C17H22N4O2. The number of nitrogens with one attached hydrogen (secondary N) is 2. The van der Waals surface area contributed by atoms with Crippen LogP contribution in [0.3, 0.4) is 0 Å². The van der Waals surface area contributed by atoms with Gasteiger partial charge in [-0.2, -0.15) is 0 Å². The first kappa shape index (κ1) is 14.7. The van der Waals surface area contributed by atoms with Gasteiger partial charge in [0.15, 0.2) is 0 Å². The molecule has 6 nitrogen and oxygen atoms in total. The number of anilines is 1. The lowest BCUT2D eigenvalue weighted by molar-refractivity contribution is 0.139. The number of hydrogen-bond donors (Lipinski definition) is 2. The maximum atomic E-state index is 6.03. The van der Waals surface area contributed by atoms with Crippen LogP contribution >= 0.6 is 0 Å². The smallest absolute Gasteiger partial charge is 0.221 e. The third-order valence-electron chi connectivity index (χ3n) is 4.43. The number of ether oxygens (including phenoxy) is 2. The second kappa shape index (κ2) is 6.68. The van der Waals surface area contributed by atoms with Gasteiger partial charge in [0.2, 0.25) is 5.88 Å². The van der Waals surface area contributed by atoms with Gasteiger partial charge in [0.05, 0.1) is 13.2 Å². The van der Waals surface area contributed by atoms with Crippen LogP contribution in [-0.4, -0.2) is 48.4 Å². The predicted octanol–water partition coefficient (Wildman–Crippen LogP) is 1.96. The molecule has 2 aromatic heterocycles. The summed E-state index contributed by atoms with van der Waals surface area (Å²) in [5.74, 6) is 1.55. The summed E-state index contributed by atoms with van der Waals surface area (Å²) in [6.45, 7) is 3.49. The number of pyridine rings is 2. The molecule has 0 amide bonds. The largest absolute Gasteiger partial charge is 0.471 e. The molecule has 2 aromatic rings. The van der Waals surface area contributed by atoms with Gasteiger partial charge in [-0.05, 0) is 31.5 Å². The second-order valence-corrected chi connectivity index (χ2v) is 6.20. The van der Waals surface area contributed by atoms with Gasteiger partial charge in [-0.25, -0.2) is 9.97 Å². The van der Waals surface area contributed by atoms with Crippen LogP contribution in [-0.2, 0) is 4.74 Å². The summed E-state index contributed by atoms with van der Waals surface area (Å²) in [5.41, 5.74) is 0. The number of nitrogens with zero attached hydrogens (tertiary/aromatic N) is 2. The minimum atomic E-state index is 0.0974. The molecule has 2 fully saturated rings. The third kappa shape index (κ3) is 3.38. The number of hydrogen-bond acceptors (Lipinski definition) is 6. The van der Waals surface area contributed by atoms with Crippen LogP contribution in [0.15, 0.2) is 24.5 Å². The summed E-state index contributed by atoms with van der Waals surface area (Å²) < 4.78 is 11.4. The lowest BCUT2D eigenvalue weighted by atomic mass is 10.1. The lowest BCUT2D eigenvalue weighted by Gasteiger charge is -2.24. The predicted molar refractivity (Wildman–Crippen MR) is 88.9 cm³/mol. The van der Waals surface area contributed by atoms with Crippen LogP contribution in [0.25, 0.3) is 10.8 Å². The van der Waals surface area contributed by atoms with Crippen LogP contribution in [0.2, 0.25) is 0 Å². The van der Waals surface area contributed by atoms with Crippen LogP contribution in [0.4, 0.5) is 5.82 Å². The Bertz CT molecular complexity index is 667. The zero-order chi connectivity index (χ0) is 15.5. The number of rotatable bonds is 4. The first-order valence-corrected chi connectivity index (χ1v) is 8.35. The Labute approximate surface area is 135 Å². The highest BCUT2D eigenvalue weighted by Gasteiger charge is 2.19. The summed E-state index contributed by atoms with van der Waals surface area (Å²) in [4.78, 5) is 8.94. The zero-order valence-corrected chi connectivity index (χ0v) is 13.1. The maximum absolute atomic E-state index is 6.03. The normalized spacial score (nSPS) is 24.7. The monoisotopic (exact) mass is 314 g/mol. The fraction of sp³-hybridized carbons (Fsp3) is 0.529. The Balaban J connectivity index is 1.57. The van der Waals surface area contributed by atoms with E-state index in [2.05, 4.69) is 20.6 Å². The van der Waals surface area contributed by atoms with Crippen molar-refractivity contribution in [2.24, 2.45) is 0 Å². The van der Waals surface area contributed by atoms with Crippen molar-refractivity contribution in [2.75, 3.05) is 31.6 Å². The molecule has 2 saturated heterocycles. The average Bonchev–Trinajstić information content (AvgIpc) is 3.09. The summed E-state index contributed by atoms with van der Waals surface area (Å²) >= 11 is 0. The Morgan fingerprint density at radius 3 is 3.13 bits per heavy atom. The molecule has 2 aliphatic rings. The van der Waals surface area contributed by atoms with E-state index in [0.717, 1.165) is 42.7 Å². The summed E-state index contributed by atoms with van der Waals surface area (Å²) in [6.07, 6.45) is 7.04. The molecule has 0 unspecified atom stereocenters. The van der Waals surface area contributed by atoms with Crippen molar-refractivity contribution in [2.45, 2.75) is 31.4 Å². The van der Waals surface area contributed by atoms with Gasteiger partial charge >= 0.3 is 0 Å². The molecule has 2 atom stereocenters. The lowest BCUT2D eigenvalue weighted by Crippen LogP contribution is -2.38. The SMILES string of the molecule is c1cc2cnc(N[C@H]3CCCNC3)cc2c(O[C@@H]2CCOC2)n1. The van der Waals surface area contributed by atoms with Crippen molar-refractivity contribution in [3.05, 3.63) is 24.5 Å². The first-order chi connectivity index (χ1) is 11.4. The van der Waals surface area contributed by atoms with E-state index in [1.165, 1.54) is 12.8 Å². The molecule has 0 bridgehead atoms. The van der Waals surface area contributed by atoms with Gasteiger partial charge < -0.3 is 20.1 Å². The minimum Gasteiger partial charge on any atom is -0.471 e. The minimum absolute atomic E-state index is 0.0974. The van der Waals surface area contributed by atoms with Crippen molar-refractivity contribution < 1.29 is 9.47 Å². The van der Waals surface area contributed by atoms with E-state index >= 15 is 0 Å². The average molecular weight is 314 g/mol. The standard InChI is InChI=1S/C17H22N4O2/c1-2-13(10-18-5-1)21-16-8-15-12(9-20-16)3-6-19-17(15)23-14-4-7-22-11-14/h3,6,8-9,13-14,18H,1-2,4-5,7,10-11H2,(H,20,21)/t13-,14+/m0/s1. The van der Waals surface area contributed by atoms with Gasteiger partial charge in [-0.3, -0.25) is 0 Å². The van der Waals surface area contributed by atoms with E-state index in [-0.39, 0.29) is 6.10 Å². The molecule has 0 radical (unpaired) electrons. The van der Waals surface area contributed by atoms with Crippen LogP contribution in [0.1, 0.15) is 19.3 Å². The molecule has 122 valence electrons.